The number of anilines is 1. The molecule has 0 fully saturated rings. The third-order valence-electron chi connectivity index (χ3n) is 1.65. The second-order valence-electron chi connectivity index (χ2n) is 2.77. The first-order chi connectivity index (χ1) is 7.24. The van der Waals surface area contributed by atoms with Gasteiger partial charge in [0.25, 0.3) is 0 Å². The number of para-hydroxylation sites is 1. The largest absolute Gasteiger partial charge is 0.323 e. The molecule has 3 N–H and O–H groups in total. The molecular formula is C11H12N2OS. The summed E-state index contributed by atoms with van der Waals surface area (Å²) in [5.74, 6) is 11.7. The van der Waals surface area contributed by atoms with Crippen molar-refractivity contribution in [2.45, 2.75) is 6.92 Å². The van der Waals surface area contributed by atoms with Gasteiger partial charge in [0, 0.05) is 12.5 Å². The van der Waals surface area contributed by atoms with Gasteiger partial charge in [0.05, 0.1) is 11.4 Å². The van der Waals surface area contributed by atoms with Crippen molar-refractivity contribution in [2.24, 2.45) is 5.84 Å². The van der Waals surface area contributed by atoms with E-state index in [2.05, 4.69) is 17.3 Å². The number of thioether (sulfide) groups is 1. The highest BCUT2D eigenvalue weighted by molar-refractivity contribution is 8.13. The molecule has 0 aliphatic heterocycles. The van der Waals surface area contributed by atoms with E-state index in [4.69, 9.17) is 5.84 Å². The highest BCUT2D eigenvalue weighted by Crippen LogP contribution is 2.11. The van der Waals surface area contributed by atoms with Crippen molar-refractivity contribution in [1.82, 2.24) is 0 Å². The molecule has 78 valence electrons. The number of carbonyl (C=O) groups is 1. The number of nitrogens with two attached hydrogens (primary N) is 1. The van der Waals surface area contributed by atoms with E-state index >= 15 is 0 Å². The second kappa shape index (κ2) is 6.12. The van der Waals surface area contributed by atoms with Gasteiger partial charge in [-0.05, 0) is 12.1 Å². The number of benzene rings is 1. The SMILES string of the molecule is CC(=O)SCC#Cc1ccccc1NN. The van der Waals surface area contributed by atoms with Crippen molar-refractivity contribution in [3.8, 4) is 11.8 Å². The zero-order valence-electron chi connectivity index (χ0n) is 8.41. The van der Waals surface area contributed by atoms with Crippen molar-refractivity contribution in [3.05, 3.63) is 29.8 Å². The summed E-state index contributed by atoms with van der Waals surface area (Å²) in [6.45, 7) is 1.53. The van der Waals surface area contributed by atoms with Crippen LogP contribution in [0.2, 0.25) is 0 Å². The van der Waals surface area contributed by atoms with Crippen LogP contribution in [0.25, 0.3) is 0 Å². The molecule has 0 atom stereocenters. The van der Waals surface area contributed by atoms with Crippen molar-refractivity contribution >= 4 is 22.6 Å². The quantitative estimate of drug-likeness (QED) is 0.451. The molecule has 0 spiro atoms. The molecule has 1 aromatic carbocycles. The minimum atomic E-state index is 0.0783. The van der Waals surface area contributed by atoms with Crippen molar-refractivity contribution in [1.29, 1.82) is 0 Å². The van der Waals surface area contributed by atoms with Crippen LogP contribution in [0.4, 0.5) is 5.69 Å². The Bertz CT molecular complexity index is 407. The van der Waals surface area contributed by atoms with E-state index in [0.29, 0.717) is 5.75 Å². The summed E-state index contributed by atoms with van der Waals surface area (Å²) < 4.78 is 0. The molecular weight excluding hydrogens is 208 g/mol. The van der Waals surface area contributed by atoms with E-state index < -0.39 is 0 Å². The van der Waals surface area contributed by atoms with Gasteiger partial charge >= 0.3 is 0 Å². The normalized spacial score (nSPS) is 8.93. The molecule has 0 saturated carbocycles. The first-order valence-corrected chi connectivity index (χ1v) is 5.40. The van der Waals surface area contributed by atoms with Crippen molar-refractivity contribution in [3.63, 3.8) is 0 Å². The fourth-order valence-electron chi connectivity index (χ4n) is 0.987. The first-order valence-electron chi connectivity index (χ1n) is 4.42. The number of nitrogen functional groups attached to an aromatic ring is 1. The second-order valence-corrected chi connectivity index (χ2v) is 3.92. The summed E-state index contributed by atoms with van der Waals surface area (Å²) in [6, 6.07) is 7.50. The Morgan fingerprint density at radius 3 is 2.93 bits per heavy atom. The van der Waals surface area contributed by atoms with Gasteiger partial charge in [-0.2, -0.15) is 0 Å². The predicted octanol–water partition coefficient (Wildman–Crippen LogP) is 1.60. The highest BCUT2D eigenvalue weighted by atomic mass is 32.2. The topological polar surface area (TPSA) is 55.1 Å². The van der Waals surface area contributed by atoms with E-state index in [1.54, 1.807) is 0 Å². The maximum atomic E-state index is 10.6. The van der Waals surface area contributed by atoms with E-state index in [9.17, 15) is 4.79 Å². The molecule has 1 aromatic rings. The van der Waals surface area contributed by atoms with Gasteiger partial charge in [0.15, 0.2) is 5.12 Å². The van der Waals surface area contributed by atoms with E-state index in [0.717, 1.165) is 11.3 Å². The average Bonchev–Trinajstić information content (AvgIpc) is 2.24. The van der Waals surface area contributed by atoms with E-state index in [-0.39, 0.29) is 5.12 Å². The predicted molar refractivity (Wildman–Crippen MR) is 64.3 cm³/mol. The van der Waals surface area contributed by atoms with Crippen LogP contribution in [-0.2, 0) is 4.79 Å². The van der Waals surface area contributed by atoms with Gasteiger partial charge in [-0.1, -0.05) is 35.7 Å². The number of hydrogen-bond donors (Lipinski definition) is 2. The average molecular weight is 220 g/mol. The zero-order chi connectivity index (χ0) is 11.1. The molecule has 3 nitrogen and oxygen atoms in total. The lowest BCUT2D eigenvalue weighted by Gasteiger charge is -2.01. The van der Waals surface area contributed by atoms with Crippen LogP contribution in [0, 0.1) is 11.8 Å². The summed E-state index contributed by atoms with van der Waals surface area (Å²) in [5.41, 5.74) is 4.20. The Kier molecular flexibility index (Phi) is 4.75. The fraction of sp³-hybridized carbons (Fsp3) is 0.182. The molecule has 0 saturated heterocycles. The van der Waals surface area contributed by atoms with Crippen LogP contribution in [0.3, 0.4) is 0 Å². The van der Waals surface area contributed by atoms with Crippen LogP contribution < -0.4 is 11.3 Å². The first kappa shape index (κ1) is 11.6. The third-order valence-corrected chi connectivity index (χ3v) is 2.35. The molecule has 0 unspecified atom stereocenters. The highest BCUT2D eigenvalue weighted by Gasteiger charge is 1.94. The van der Waals surface area contributed by atoms with Crippen LogP contribution >= 0.6 is 11.8 Å². The van der Waals surface area contributed by atoms with Crippen LogP contribution in [-0.4, -0.2) is 10.9 Å². The number of hydrogen-bond acceptors (Lipinski definition) is 4. The minimum absolute atomic E-state index is 0.0783. The van der Waals surface area contributed by atoms with E-state index in [1.165, 1.54) is 18.7 Å². The Morgan fingerprint density at radius 2 is 2.27 bits per heavy atom. The number of hydrazine groups is 1. The van der Waals surface area contributed by atoms with Gasteiger partial charge < -0.3 is 5.43 Å². The van der Waals surface area contributed by atoms with Gasteiger partial charge in [-0.3, -0.25) is 10.6 Å². The minimum Gasteiger partial charge on any atom is -0.323 e. The Hall–Kier alpha value is -1.44. The van der Waals surface area contributed by atoms with Gasteiger partial charge in [0.2, 0.25) is 0 Å². The molecule has 0 radical (unpaired) electrons. The van der Waals surface area contributed by atoms with Gasteiger partial charge in [-0.25, -0.2) is 0 Å². The number of nitrogens with one attached hydrogen (secondary N) is 1. The molecule has 15 heavy (non-hydrogen) atoms. The molecule has 0 aromatic heterocycles. The maximum Gasteiger partial charge on any atom is 0.186 e. The molecule has 0 aliphatic carbocycles. The molecule has 1 rings (SSSR count). The molecule has 0 aliphatic rings. The fourth-order valence-corrected chi connectivity index (χ4v) is 1.33. The zero-order valence-corrected chi connectivity index (χ0v) is 9.23. The Morgan fingerprint density at radius 1 is 1.53 bits per heavy atom. The lowest BCUT2D eigenvalue weighted by Crippen LogP contribution is -2.07. The summed E-state index contributed by atoms with van der Waals surface area (Å²) in [5, 5.41) is 0.0783. The van der Waals surface area contributed by atoms with Crippen molar-refractivity contribution in [2.75, 3.05) is 11.2 Å². The van der Waals surface area contributed by atoms with Crippen LogP contribution in [0.15, 0.2) is 24.3 Å². The Balaban J connectivity index is 2.66. The maximum absolute atomic E-state index is 10.6. The molecule has 0 bridgehead atoms. The van der Waals surface area contributed by atoms with Gasteiger partial charge in [-0.15, -0.1) is 0 Å². The number of rotatable bonds is 2. The van der Waals surface area contributed by atoms with Crippen molar-refractivity contribution < 1.29 is 4.79 Å². The summed E-state index contributed by atoms with van der Waals surface area (Å²) >= 11 is 1.20. The molecule has 4 heteroatoms. The summed E-state index contributed by atoms with van der Waals surface area (Å²) in [4.78, 5) is 10.6. The standard InChI is InChI=1S/C11H12N2OS/c1-9(14)15-8-4-6-10-5-2-3-7-11(10)13-12/h2-3,5,7,13H,8,12H2,1H3. The number of carbonyl (C=O) groups excluding carboxylic acids is 1. The summed E-state index contributed by atoms with van der Waals surface area (Å²) in [7, 11) is 0. The monoisotopic (exact) mass is 220 g/mol. The molecule has 0 heterocycles. The third kappa shape index (κ3) is 4.07. The molecule has 0 amide bonds. The van der Waals surface area contributed by atoms with Crippen LogP contribution in [0.5, 0.6) is 0 Å². The lowest BCUT2D eigenvalue weighted by molar-refractivity contribution is -0.109. The van der Waals surface area contributed by atoms with E-state index in [1.807, 2.05) is 24.3 Å². The lowest BCUT2D eigenvalue weighted by atomic mass is 10.2. The Labute approximate surface area is 93.4 Å². The van der Waals surface area contributed by atoms with Crippen LogP contribution in [0.1, 0.15) is 12.5 Å². The smallest absolute Gasteiger partial charge is 0.186 e. The summed E-state index contributed by atoms with van der Waals surface area (Å²) in [6.07, 6.45) is 0. The van der Waals surface area contributed by atoms with Gasteiger partial charge in [0.1, 0.15) is 0 Å².